The van der Waals surface area contributed by atoms with Crippen LogP contribution in [0.3, 0.4) is 0 Å². The van der Waals surface area contributed by atoms with Crippen molar-refractivity contribution in [3.8, 4) is 11.6 Å². The van der Waals surface area contributed by atoms with Crippen molar-refractivity contribution in [1.29, 1.82) is 0 Å². The number of para-hydroxylation sites is 1. The van der Waals surface area contributed by atoms with E-state index in [1.807, 2.05) is 0 Å². The third kappa shape index (κ3) is 3.39. The highest BCUT2D eigenvalue weighted by Crippen LogP contribution is 2.28. The number of halogens is 3. The van der Waals surface area contributed by atoms with Gasteiger partial charge in [-0.15, -0.1) is 0 Å². The van der Waals surface area contributed by atoms with E-state index in [1.165, 1.54) is 12.1 Å². The van der Waals surface area contributed by atoms with Crippen LogP contribution in [0.4, 0.5) is 14.5 Å². The molecule has 0 aliphatic heterocycles. The molecule has 0 aliphatic rings. The Hall–Kier alpha value is -3.51. The lowest BCUT2D eigenvalue weighted by Crippen LogP contribution is -2.20. The van der Waals surface area contributed by atoms with Crippen LogP contribution >= 0.6 is 11.6 Å². The van der Waals surface area contributed by atoms with Crippen LogP contribution in [0.25, 0.3) is 16.5 Å². The van der Waals surface area contributed by atoms with Crippen LogP contribution in [0.1, 0.15) is 5.56 Å². The monoisotopic (exact) mass is 410 g/mol. The highest BCUT2D eigenvalue weighted by atomic mass is 35.5. The van der Waals surface area contributed by atoms with E-state index in [0.717, 1.165) is 22.9 Å². The zero-order valence-electron chi connectivity index (χ0n) is 14.8. The smallest absolute Gasteiger partial charge is 0.265 e. The molecule has 29 heavy (non-hydrogen) atoms. The predicted molar refractivity (Wildman–Crippen MR) is 110 cm³/mol. The Kier molecular flexibility index (Phi) is 4.86. The number of hydrogen-bond acceptors (Lipinski definition) is 3. The Morgan fingerprint density at radius 2 is 1.59 bits per heavy atom. The highest BCUT2D eigenvalue weighted by Gasteiger charge is 2.17. The largest absolute Gasteiger partial charge is 0.494 e. The van der Waals surface area contributed by atoms with Gasteiger partial charge in [-0.1, -0.05) is 41.9 Å². The number of pyridine rings is 1. The fourth-order valence-electron chi connectivity index (χ4n) is 3.09. The predicted octanol–water partition coefficient (Wildman–Crippen LogP) is 5.38. The summed E-state index contributed by atoms with van der Waals surface area (Å²) in [4.78, 5) is 16.9. The van der Waals surface area contributed by atoms with Gasteiger partial charge in [0.15, 0.2) is 11.6 Å². The Labute approximate surface area is 169 Å². The standard InChI is InChI=1S/C22H13ClF2N2O2/c23-13-5-3-6-14(11-13)27-21(28)16-8-2-1-7-15(16)17(22(27)29)12-26-20-18(24)9-4-10-19(20)25/h1-12,29H. The van der Waals surface area contributed by atoms with Crippen LogP contribution < -0.4 is 5.56 Å². The van der Waals surface area contributed by atoms with Crippen molar-refractivity contribution < 1.29 is 13.9 Å². The quantitative estimate of drug-likeness (QED) is 0.461. The van der Waals surface area contributed by atoms with Crippen molar-refractivity contribution in [1.82, 2.24) is 4.57 Å². The fraction of sp³-hybridized carbons (Fsp3) is 0. The van der Waals surface area contributed by atoms with Crippen molar-refractivity contribution in [2.24, 2.45) is 4.99 Å². The van der Waals surface area contributed by atoms with Gasteiger partial charge >= 0.3 is 0 Å². The molecule has 0 amide bonds. The molecule has 7 heteroatoms. The molecular formula is C22H13ClF2N2O2. The molecule has 0 atom stereocenters. The van der Waals surface area contributed by atoms with Crippen molar-refractivity contribution in [2.75, 3.05) is 0 Å². The molecule has 4 aromatic rings. The maximum Gasteiger partial charge on any atom is 0.265 e. The molecule has 0 spiro atoms. The topological polar surface area (TPSA) is 54.6 Å². The number of aliphatic imine (C=N–C) groups is 1. The zero-order chi connectivity index (χ0) is 20.5. The molecule has 1 aromatic heterocycles. The highest BCUT2D eigenvalue weighted by molar-refractivity contribution is 6.30. The summed E-state index contributed by atoms with van der Waals surface area (Å²) in [7, 11) is 0. The molecule has 0 radical (unpaired) electrons. The Morgan fingerprint density at radius 3 is 2.28 bits per heavy atom. The van der Waals surface area contributed by atoms with Gasteiger partial charge in [-0.25, -0.2) is 18.3 Å². The van der Waals surface area contributed by atoms with E-state index < -0.39 is 28.8 Å². The number of hydrogen-bond donors (Lipinski definition) is 1. The molecule has 144 valence electrons. The third-order valence-corrected chi connectivity index (χ3v) is 4.67. The second-order valence-electron chi connectivity index (χ2n) is 6.23. The average Bonchev–Trinajstić information content (AvgIpc) is 2.70. The zero-order valence-corrected chi connectivity index (χ0v) is 15.6. The molecule has 1 N–H and O–H groups in total. The molecule has 0 aliphatic carbocycles. The second kappa shape index (κ2) is 7.48. The third-order valence-electron chi connectivity index (χ3n) is 4.43. The van der Waals surface area contributed by atoms with Gasteiger partial charge in [-0.2, -0.15) is 0 Å². The molecule has 1 heterocycles. The molecule has 0 bridgehead atoms. The van der Waals surface area contributed by atoms with E-state index in [1.54, 1.807) is 42.5 Å². The van der Waals surface area contributed by atoms with Crippen LogP contribution in [0.5, 0.6) is 5.88 Å². The molecular weight excluding hydrogens is 398 g/mol. The average molecular weight is 411 g/mol. The summed E-state index contributed by atoms with van der Waals surface area (Å²) in [5, 5.41) is 12.0. The van der Waals surface area contributed by atoms with Gasteiger partial charge in [0.25, 0.3) is 5.56 Å². The molecule has 3 aromatic carbocycles. The number of aromatic hydroxyl groups is 1. The minimum absolute atomic E-state index is 0.142. The van der Waals surface area contributed by atoms with Crippen LogP contribution in [-0.2, 0) is 0 Å². The molecule has 0 saturated heterocycles. The van der Waals surface area contributed by atoms with E-state index in [-0.39, 0.29) is 5.56 Å². The maximum atomic E-state index is 13.9. The summed E-state index contributed by atoms with van der Waals surface area (Å²) >= 11 is 6.03. The first-order chi connectivity index (χ1) is 14.0. The first kappa shape index (κ1) is 18.8. The van der Waals surface area contributed by atoms with Crippen LogP contribution in [0.15, 0.2) is 76.5 Å². The summed E-state index contributed by atoms with van der Waals surface area (Å²) < 4.78 is 28.9. The summed E-state index contributed by atoms with van der Waals surface area (Å²) in [5.41, 5.74) is -0.466. The van der Waals surface area contributed by atoms with Crippen LogP contribution in [0, 0.1) is 11.6 Å². The van der Waals surface area contributed by atoms with Crippen LogP contribution in [-0.4, -0.2) is 15.9 Å². The second-order valence-corrected chi connectivity index (χ2v) is 6.67. The van der Waals surface area contributed by atoms with Crippen molar-refractivity contribution >= 4 is 34.3 Å². The van der Waals surface area contributed by atoms with E-state index >= 15 is 0 Å². The first-order valence-electron chi connectivity index (χ1n) is 8.58. The Morgan fingerprint density at radius 1 is 0.931 bits per heavy atom. The van der Waals surface area contributed by atoms with Crippen molar-refractivity contribution in [2.45, 2.75) is 0 Å². The first-order valence-corrected chi connectivity index (χ1v) is 8.96. The summed E-state index contributed by atoms with van der Waals surface area (Å²) in [6.07, 6.45) is 1.14. The Bertz CT molecular complexity index is 1310. The molecule has 0 saturated carbocycles. The number of rotatable bonds is 3. The van der Waals surface area contributed by atoms with E-state index in [9.17, 15) is 18.7 Å². The van der Waals surface area contributed by atoms with Gasteiger partial charge in [-0.3, -0.25) is 4.79 Å². The summed E-state index contributed by atoms with van der Waals surface area (Å²) in [5.74, 6) is -2.10. The number of benzene rings is 3. The molecule has 4 nitrogen and oxygen atoms in total. The van der Waals surface area contributed by atoms with E-state index in [2.05, 4.69) is 4.99 Å². The number of fused-ring (bicyclic) bond motifs is 1. The summed E-state index contributed by atoms with van der Waals surface area (Å²) in [6.45, 7) is 0. The summed E-state index contributed by atoms with van der Waals surface area (Å²) in [6, 6.07) is 16.4. The van der Waals surface area contributed by atoms with Gasteiger partial charge in [0.05, 0.1) is 11.3 Å². The fourth-order valence-corrected chi connectivity index (χ4v) is 3.27. The van der Waals surface area contributed by atoms with Crippen molar-refractivity contribution in [3.63, 3.8) is 0 Å². The normalized spacial score (nSPS) is 11.4. The number of nitrogens with zero attached hydrogens (tertiary/aromatic N) is 2. The lowest BCUT2D eigenvalue weighted by molar-refractivity contribution is 0.436. The van der Waals surface area contributed by atoms with Gasteiger partial charge in [-0.05, 0) is 36.4 Å². The SMILES string of the molecule is O=c1c2ccccc2c(C=Nc2c(F)cccc2F)c(O)n1-c1cccc(Cl)c1. The van der Waals surface area contributed by atoms with Gasteiger partial charge in [0, 0.05) is 22.0 Å². The minimum Gasteiger partial charge on any atom is -0.494 e. The maximum absolute atomic E-state index is 13.9. The van der Waals surface area contributed by atoms with Gasteiger partial charge in [0.1, 0.15) is 5.69 Å². The van der Waals surface area contributed by atoms with E-state index in [0.29, 0.717) is 21.5 Å². The van der Waals surface area contributed by atoms with Gasteiger partial charge in [0.2, 0.25) is 5.88 Å². The van der Waals surface area contributed by atoms with Gasteiger partial charge < -0.3 is 5.11 Å². The number of aromatic nitrogens is 1. The van der Waals surface area contributed by atoms with Crippen LogP contribution in [0.2, 0.25) is 5.02 Å². The minimum atomic E-state index is -0.840. The molecule has 4 rings (SSSR count). The van der Waals surface area contributed by atoms with E-state index in [4.69, 9.17) is 11.6 Å². The Balaban J connectivity index is 2.01. The lowest BCUT2D eigenvalue weighted by Gasteiger charge is -2.14. The molecule has 0 fully saturated rings. The lowest BCUT2D eigenvalue weighted by atomic mass is 10.1. The molecule has 0 unspecified atom stereocenters. The van der Waals surface area contributed by atoms with Crippen molar-refractivity contribution in [3.05, 3.63) is 99.3 Å².